The average Bonchev–Trinajstić information content (AvgIpc) is 3.78. The maximum absolute atomic E-state index is 14.7. The molecule has 1 aliphatic heterocycles. The lowest BCUT2D eigenvalue weighted by Gasteiger charge is -2.37. The number of carbonyl (C=O) groups is 3. The number of sulfonamides is 1. The van der Waals surface area contributed by atoms with Gasteiger partial charge in [0.2, 0.25) is 10.0 Å². The number of benzene rings is 4. The Balaban J connectivity index is 1.24. The minimum Gasteiger partial charge on any atom is -0.478 e. The van der Waals surface area contributed by atoms with Crippen LogP contribution in [0.25, 0.3) is 16.8 Å². The molecule has 1 unspecified atom stereocenters. The Morgan fingerprint density at radius 3 is 2.36 bits per heavy atom. The van der Waals surface area contributed by atoms with E-state index in [2.05, 4.69) is 20.4 Å². The summed E-state index contributed by atoms with van der Waals surface area (Å²) >= 11 is 5.94. The fraction of sp³-hybridized carbons (Fsp3) is 0.171. The number of halogens is 2. The van der Waals surface area contributed by atoms with E-state index in [-0.39, 0.29) is 39.4 Å². The summed E-state index contributed by atoms with van der Waals surface area (Å²) in [7, 11) is -3.65. The summed E-state index contributed by atoms with van der Waals surface area (Å²) in [6.07, 6.45) is 3.23. The Kier molecular flexibility index (Phi) is 8.68. The molecule has 1 fully saturated rings. The first-order valence-electron chi connectivity index (χ1n) is 15.6. The van der Waals surface area contributed by atoms with Crippen molar-refractivity contribution < 1.29 is 32.3 Å². The van der Waals surface area contributed by atoms with E-state index in [1.165, 1.54) is 65.7 Å². The van der Waals surface area contributed by atoms with E-state index < -0.39 is 39.7 Å². The van der Waals surface area contributed by atoms with Gasteiger partial charge in [0.15, 0.2) is 11.5 Å². The molecule has 254 valence electrons. The third-order valence-corrected chi connectivity index (χ3v) is 10.4. The highest BCUT2D eigenvalue weighted by Gasteiger charge is 2.38. The van der Waals surface area contributed by atoms with Crippen LogP contribution in [-0.2, 0) is 21.2 Å². The number of anilines is 1. The van der Waals surface area contributed by atoms with Gasteiger partial charge in [0.1, 0.15) is 11.7 Å². The van der Waals surface area contributed by atoms with Crippen molar-refractivity contribution in [3.8, 4) is 16.8 Å². The first-order valence-corrected chi connectivity index (χ1v) is 17.4. The number of amides is 2. The van der Waals surface area contributed by atoms with Crippen molar-refractivity contribution in [2.75, 3.05) is 11.9 Å². The van der Waals surface area contributed by atoms with Crippen molar-refractivity contribution in [1.82, 2.24) is 24.6 Å². The van der Waals surface area contributed by atoms with Crippen molar-refractivity contribution in [2.24, 2.45) is 0 Å². The van der Waals surface area contributed by atoms with E-state index in [1.54, 1.807) is 24.3 Å². The number of aromatic carboxylic acids is 1. The number of nitrogens with zero attached hydrogens (tertiary/aromatic N) is 4. The van der Waals surface area contributed by atoms with Crippen LogP contribution in [0.2, 0.25) is 5.02 Å². The van der Waals surface area contributed by atoms with Crippen LogP contribution in [0.4, 0.5) is 10.1 Å². The molecule has 2 aliphatic rings. The van der Waals surface area contributed by atoms with Gasteiger partial charge in [-0.1, -0.05) is 53.2 Å². The molecule has 5 aromatic rings. The van der Waals surface area contributed by atoms with Gasteiger partial charge in [-0.2, -0.15) is 0 Å². The molecule has 3 N–H and O–H groups in total. The average molecular weight is 715 g/mol. The molecule has 50 heavy (non-hydrogen) atoms. The molecule has 1 aliphatic carbocycles. The number of carboxylic acids is 1. The van der Waals surface area contributed by atoms with Crippen LogP contribution >= 0.6 is 11.6 Å². The largest absolute Gasteiger partial charge is 0.478 e. The summed E-state index contributed by atoms with van der Waals surface area (Å²) in [6.45, 7) is 0.0923. The molecule has 15 heteroatoms. The van der Waals surface area contributed by atoms with Crippen LogP contribution in [0.1, 0.15) is 50.9 Å². The van der Waals surface area contributed by atoms with Gasteiger partial charge in [-0.15, -0.1) is 5.10 Å². The van der Waals surface area contributed by atoms with Crippen LogP contribution in [-0.4, -0.2) is 63.8 Å². The molecule has 4 aromatic carbocycles. The van der Waals surface area contributed by atoms with Crippen LogP contribution < -0.4 is 10.0 Å². The minimum absolute atomic E-state index is 0.0149. The number of nitrogens with one attached hydrogen (secondary N) is 2. The molecule has 0 radical (unpaired) electrons. The molecule has 1 atom stereocenters. The van der Waals surface area contributed by atoms with Crippen LogP contribution in [0.5, 0.6) is 0 Å². The number of rotatable bonds is 9. The second-order valence-corrected chi connectivity index (χ2v) is 14.1. The minimum atomic E-state index is -3.65. The lowest BCUT2D eigenvalue weighted by Crippen LogP contribution is -2.45. The SMILES string of the molecule is O=C(O)c1ccc(NC(=O)C2c3cccc(-c4ccc(S(=O)(=O)NC5CC5)cc4)c3CCN2C(=O)c2cn(-c3cccc(Cl)c3F)nn2)cc1. The van der Waals surface area contributed by atoms with Gasteiger partial charge in [-0.3, -0.25) is 9.59 Å². The van der Waals surface area contributed by atoms with Gasteiger partial charge in [-0.25, -0.2) is 27.0 Å². The highest BCUT2D eigenvalue weighted by molar-refractivity contribution is 7.89. The van der Waals surface area contributed by atoms with E-state index in [1.807, 2.05) is 6.07 Å². The summed E-state index contributed by atoms with van der Waals surface area (Å²) < 4.78 is 44.0. The third-order valence-electron chi connectivity index (χ3n) is 8.60. The number of carboxylic acid groups (broad SMARTS) is 1. The number of aromatic nitrogens is 3. The van der Waals surface area contributed by atoms with Crippen molar-refractivity contribution in [3.05, 3.63) is 124 Å². The maximum Gasteiger partial charge on any atom is 0.335 e. The first-order chi connectivity index (χ1) is 24.0. The fourth-order valence-electron chi connectivity index (χ4n) is 5.95. The van der Waals surface area contributed by atoms with E-state index >= 15 is 0 Å². The fourth-order valence-corrected chi connectivity index (χ4v) is 7.42. The smallest absolute Gasteiger partial charge is 0.335 e. The predicted octanol–water partition coefficient (Wildman–Crippen LogP) is 5.24. The number of hydrogen-bond acceptors (Lipinski definition) is 7. The maximum atomic E-state index is 14.7. The van der Waals surface area contributed by atoms with E-state index in [9.17, 15) is 32.3 Å². The van der Waals surface area contributed by atoms with Gasteiger partial charge >= 0.3 is 5.97 Å². The van der Waals surface area contributed by atoms with E-state index in [0.717, 1.165) is 34.2 Å². The molecule has 1 aromatic heterocycles. The van der Waals surface area contributed by atoms with Gasteiger partial charge < -0.3 is 15.3 Å². The van der Waals surface area contributed by atoms with E-state index in [0.29, 0.717) is 17.7 Å². The highest BCUT2D eigenvalue weighted by Crippen LogP contribution is 2.38. The normalized spacial score (nSPS) is 15.7. The summed E-state index contributed by atoms with van der Waals surface area (Å²) in [5.41, 5.74) is 3.00. The number of hydrogen-bond donors (Lipinski definition) is 3. The van der Waals surface area contributed by atoms with Gasteiger partial charge in [0.05, 0.1) is 21.7 Å². The molecular formula is C35H28ClFN6O6S. The van der Waals surface area contributed by atoms with Crippen molar-refractivity contribution in [1.29, 1.82) is 0 Å². The molecule has 0 spiro atoms. The van der Waals surface area contributed by atoms with Gasteiger partial charge in [-0.05, 0) is 90.0 Å². The van der Waals surface area contributed by atoms with Crippen molar-refractivity contribution >= 4 is 45.1 Å². The Morgan fingerprint density at radius 1 is 0.940 bits per heavy atom. The van der Waals surface area contributed by atoms with E-state index in [4.69, 9.17) is 11.6 Å². The Bertz CT molecular complexity index is 2260. The summed E-state index contributed by atoms with van der Waals surface area (Å²) in [5, 5.41) is 19.9. The summed E-state index contributed by atoms with van der Waals surface area (Å²) in [6, 6.07) is 20.6. The lowest BCUT2D eigenvalue weighted by atomic mass is 9.86. The standard InChI is InChI=1S/C35H28ClFN6O6S/c36-28-5-2-6-30(31(28)37)43-19-29(39-41-43)34(45)42-18-17-26-25(20-9-15-24(16-10-20)50(48,49)40-23-13-14-23)3-1-4-27(26)32(42)33(44)38-22-11-7-21(8-12-22)35(46)47/h1-12,15-16,19,23,32,40H,13-14,17-18H2,(H,38,44)(H,46,47). The molecule has 0 saturated heterocycles. The Hall–Kier alpha value is -5.44. The highest BCUT2D eigenvalue weighted by atomic mass is 35.5. The molecule has 7 rings (SSSR count). The van der Waals surface area contributed by atoms with Gasteiger partial charge in [0.25, 0.3) is 11.8 Å². The molecule has 2 heterocycles. The Labute approximate surface area is 290 Å². The zero-order chi connectivity index (χ0) is 35.2. The van der Waals surface area contributed by atoms with Crippen molar-refractivity contribution in [3.63, 3.8) is 0 Å². The zero-order valence-electron chi connectivity index (χ0n) is 26.1. The monoisotopic (exact) mass is 714 g/mol. The summed E-state index contributed by atoms with van der Waals surface area (Å²) in [5.74, 6) is -3.06. The number of fused-ring (bicyclic) bond motifs is 1. The number of carbonyl (C=O) groups excluding carboxylic acids is 2. The third kappa shape index (κ3) is 6.47. The quantitative estimate of drug-likeness (QED) is 0.187. The topological polar surface area (TPSA) is 164 Å². The molecule has 0 bridgehead atoms. The molecular weight excluding hydrogens is 687 g/mol. The first kappa shape index (κ1) is 33.1. The summed E-state index contributed by atoms with van der Waals surface area (Å²) in [4.78, 5) is 41.0. The second kappa shape index (κ2) is 13.1. The Morgan fingerprint density at radius 2 is 1.66 bits per heavy atom. The molecule has 12 nitrogen and oxygen atoms in total. The lowest BCUT2D eigenvalue weighted by molar-refractivity contribution is -0.121. The second-order valence-electron chi connectivity index (χ2n) is 11.9. The van der Waals surface area contributed by atoms with Gasteiger partial charge in [0, 0.05) is 18.3 Å². The molecule has 1 saturated carbocycles. The zero-order valence-corrected chi connectivity index (χ0v) is 27.7. The predicted molar refractivity (Wildman–Crippen MR) is 181 cm³/mol. The van der Waals surface area contributed by atoms with Crippen LogP contribution in [0.3, 0.4) is 0 Å². The van der Waals surface area contributed by atoms with Crippen LogP contribution in [0, 0.1) is 5.82 Å². The van der Waals surface area contributed by atoms with Crippen LogP contribution in [0.15, 0.2) is 96.0 Å². The molecule has 2 amide bonds. The van der Waals surface area contributed by atoms with Crippen molar-refractivity contribution in [2.45, 2.75) is 36.2 Å².